The summed E-state index contributed by atoms with van der Waals surface area (Å²) >= 11 is 0. The zero-order valence-corrected chi connectivity index (χ0v) is 24.8. The number of rotatable bonds is 8. The molecule has 1 unspecified atom stereocenters. The Morgan fingerprint density at radius 2 is 1.93 bits per heavy atom. The summed E-state index contributed by atoms with van der Waals surface area (Å²) in [6.45, 7) is 6.89. The SMILES string of the molecule is CC(C)C1CCc2nc3c(F)cc(C(=O)N[C@H](CCN4CCC(O)CC4)c4ccc(-c5ccnnc5)nc4)cc3cc2C1. The summed E-state index contributed by atoms with van der Waals surface area (Å²) in [7, 11) is 0. The lowest BCUT2D eigenvalue weighted by atomic mass is 9.80. The Kier molecular flexibility index (Phi) is 8.72. The van der Waals surface area contributed by atoms with Crippen molar-refractivity contribution in [3.63, 3.8) is 0 Å². The van der Waals surface area contributed by atoms with Crippen LogP contribution in [-0.2, 0) is 12.8 Å². The molecule has 1 fully saturated rings. The quantitative estimate of drug-likeness (QED) is 0.290. The maximum absolute atomic E-state index is 15.4. The summed E-state index contributed by atoms with van der Waals surface area (Å²) in [5.74, 6) is 0.355. The van der Waals surface area contributed by atoms with E-state index in [-0.39, 0.29) is 23.6 Å². The minimum atomic E-state index is -0.475. The Balaban J connectivity index is 1.25. The number of piperidine rings is 1. The highest BCUT2D eigenvalue weighted by Crippen LogP contribution is 2.32. The number of pyridine rings is 2. The van der Waals surface area contributed by atoms with Crippen molar-refractivity contribution >= 4 is 16.8 Å². The molecular weight excluding hydrogens is 543 g/mol. The molecule has 4 aromatic rings. The van der Waals surface area contributed by atoms with Crippen molar-refractivity contribution in [3.8, 4) is 11.3 Å². The highest BCUT2D eigenvalue weighted by Gasteiger charge is 2.25. The van der Waals surface area contributed by atoms with Gasteiger partial charge in [-0.15, -0.1) is 0 Å². The minimum Gasteiger partial charge on any atom is -0.393 e. The fourth-order valence-corrected chi connectivity index (χ4v) is 6.37. The molecule has 0 radical (unpaired) electrons. The predicted octanol–water partition coefficient (Wildman–Crippen LogP) is 5.30. The lowest BCUT2D eigenvalue weighted by molar-refractivity contribution is 0.0795. The molecule has 4 heterocycles. The molecule has 2 N–H and O–H groups in total. The molecule has 1 aliphatic carbocycles. The molecule has 3 aromatic heterocycles. The number of halogens is 1. The summed E-state index contributed by atoms with van der Waals surface area (Å²) in [5, 5.41) is 21.5. The first-order valence-corrected chi connectivity index (χ1v) is 15.4. The predicted molar refractivity (Wildman–Crippen MR) is 164 cm³/mol. The van der Waals surface area contributed by atoms with Gasteiger partial charge in [-0.1, -0.05) is 19.9 Å². The van der Waals surface area contributed by atoms with Crippen LogP contribution in [0.15, 0.2) is 55.0 Å². The lowest BCUT2D eigenvalue weighted by Gasteiger charge is -2.31. The number of aliphatic hydroxyl groups excluding tert-OH is 1. The molecule has 9 heteroatoms. The van der Waals surface area contributed by atoms with Gasteiger partial charge in [0, 0.05) is 48.0 Å². The van der Waals surface area contributed by atoms with Crippen molar-refractivity contribution in [2.24, 2.45) is 11.8 Å². The molecule has 2 aliphatic rings. The molecule has 0 spiro atoms. The molecule has 224 valence electrons. The molecule has 8 nitrogen and oxygen atoms in total. The molecule has 0 saturated carbocycles. The van der Waals surface area contributed by atoms with Crippen LogP contribution in [0.5, 0.6) is 0 Å². The number of hydrogen-bond donors (Lipinski definition) is 2. The summed E-state index contributed by atoms with van der Waals surface area (Å²) in [4.78, 5) is 25.3. The van der Waals surface area contributed by atoms with E-state index in [1.54, 1.807) is 24.7 Å². The van der Waals surface area contributed by atoms with Gasteiger partial charge < -0.3 is 15.3 Å². The first-order chi connectivity index (χ1) is 20.8. The van der Waals surface area contributed by atoms with E-state index in [2.05, 4.69) is 39.2 Å². The maximum Gasteiger partial charge on any atom is 0.251 e. The fraction of sp³-hybridized carbons (Fsp3) is 0.441. The Labute approximate surface area is 251 Å². The van der Waals surface area contributed by atoms with Crippen LogP contribution in [0.25, 0.3) is 22.2 Å². The second-order valence-corrected chi connectivity index (χ2v) is 12.4. The van der Waals surface area contributed by atoms with E-state index >= 15 is 4.39 Å². The Morgan fingerprint density at radius 1 is 1.09 bits per heavy atom. The topological polar surface area (TPSA) is 104 Å². The number of amides is 1. The van der Waals surface area contributed by atoms with Crippen molar-refractivity contribution in [2.75, 3.05) is 19.6 Å². The number of benzene rings is 1. The van der Waals surface area contributed by atoms with E-state index in [0.29, 0.717) is 29.2 Å². The number of fused-ring (bicyclic) bond motifs is 2. The van der Waals surface area contributed by atoms with Crippen LogP contribution < -0.4 is 5.32 Å². The van der Waals surface area contributed by atoms with Crippen LogP contribution in [-0.4, -0.2) is 61.8 Å². The molecule has 43 heavy (non-hydrogen) atoms. The first kappa shape index (κ1) is 29.3. The Morgan fingerprint density at radius 3 is 2.65 bits per heavy atom. The molecular formula is C34H39FN6O2. The molecule has 1 aromatic carbocycles. The molecule has 2 atom stereocenters. The normalized spacial score (nSPS) is 18.5. The monoisotopic (exact) mass is 582 g/mol. The largest absolute Gasteiger partial charge is 0.393 e. The number of aliphatic hydroxyl groups is 1. The van der Waals surface area contributed by atoms with E-state index in [0.717, 1.165) is 79.8 Å². The average Bonchev–Trinajstić information content (AvgIpc) is 3.03. The van der Waals surface area contributed by atoms with Crippen molar-refractivity contribution in [1.82, 2.24) is 30.4 Å². The van der Waals surface area contributed by atoms with Crippen LogP contribution >= 0.6 is 0 Å². The van der Waals surface area contributed by atoms with Crippen LogP contribution in [0.4, 0.5) is 4.39 Å². The molecule has 1 amide bonds. The number of aromatic nitrogens is 4. The first-order valence-electron chi connectivity index (χ1n) is 15.4. The van der Waals surface area contributed by atoms with Gasteiger partial charge in [-0.3, -0.25) is 9.78 Å². The Bertz CT molecular complexity index is 1570. The molecule has 6 rings (SSSR count). The second-order valence-electron chi connectivity index (χ2n) is 12.4. The van der Waals surface area contributed by atoms with Gasteiger partial charge in [0.25, 0.3) is 5.91 Å². The van der Waals surface area contributed by atoms with E-state index in [1.165, 1.54) is 6.07 Å². The average molecular weight is 583 g/mol. The third-order valence-electron chi connectivity index (χ3n) is 9.14. The maximum atomic E-state index is 15.4. The molecule has 1 saturated heterocycles. The number of nitrogens with one attached hydrogen (secondary N) is 1. The zero-order valence-electron chi connectivity index (χ0n) is 24.8. The summed E-state index contributed by atoms with van der Waals surface area (Å²) in [6, 6.07) is 10.5. The van der Waals surface area contributed by atoms with Gasteiger partial charge in [0.2, 0.25) is 0 Å². The van der Waals surface area contributed by atoms with Gasteiger partial charge in [-0.25, -0.2) is 9.37 Å². The number of likely N-dealkylation sites (tertiary alicyclic amines) is 1. The van der Waals surface area contributed by atoms with Crippen molar-refractivity contribution in [1.29, 1.82) is 0 Å². The van der Waals surface area contributed by atoms with Crippen molar-refractivity contribution in [2.45, 2.75) is 64.5 Å². The zero-order chi connectivity index (χ0) is 29.9. The van der Waals surface area contributed by atoms with E-state index in [1.807, 2.05) is 24.3 Å². The molecule has 1 aliphatic heterocycles. The number of nitrogens with zero attached hydrogens (tertiary/aromatic N) is 5. The summed E-state index contributed by atoms with van der Waals surface area (Å²) in [6.07, 6.45) is 9.84. The van der Waals surface area contributed by atoms with E-state index < -0.39 is 5.82 Å². The van der Waals surface area contributed by atoms with Gasteiger partial charge in [0.05, 0.1) is 30.2 Å². The third kappa shape index (κ3) is 6.73. The van der Waals surface area contributed by atoms with Gasteiger partial charge in [0.1, 0.15) is 11.3 Å². The summed E-state index contributed by atoms with van der Waals surface area (Å²) in [5.41, 5.74) is 5.23. The van der Waals surface area contributed by atoms with Crippen LogP contribution in [0.3, 0.4) is 0 Å². The smallest absolute Gasteiger partial charge is 0.251 e. The summed E-state index contributed by atoms with van der Waals surface area (Å²) < 4.78 is 15.4. The second kappa shape index (κ2) is 12.8. The highest BCUT2D eigenvalue weighted by molar-refractivity contribution is 5.98. The fourth-order valence-electron chi connectivity index (χ4n) is 6.37. The van der Waals surface area contributed by atoms with Crippen molar-refractivity contribution < 1.29 is 14.3 Å². The van der Waals surface area contributed by atoms with Crippen LogP contribution in [0.1, 0.15) is 72.8 Å². The van der Waals surface area contributed by atoms with E-state index in [4.69, 9.17) is 4.98 Å². The minimum absolute atomic E-state index is 0.245. The number of carbonyl (C=O) groups excluding carboxylic acids is 1. The van der Waals surface area contributed by atoms with Gasteiger partial charge in [0.15, 0.2) is 0 Å². The van der Waals surface area contributed by atoms with Gasteiger partial charge in [-0.05, 0) is 91.8 Å². The number of hydrogen-bond acceptors (Lipinski definition) is 7. The standard InChI is InChI=1S/C34H39FN6O2/c1-21(2)22-3-6-31-25(15-22)16-26-17-27(18-29(35)33(26)39-31)34(43)40-32(10-14-41-12-8-28(42)9-13-41)23-4-5-30(36-19-23)24-7-11-37-38-20-24/h4-5,7,11,16-22,28,32,42H,3,6,8-10,12-15H2,1-2H3,(H,40,43)/t22?,32-/m1/s1. The van der Waals surface area contributed by atoms with E-state index in [9.17, 15) is 9.90 Å². The van der Waals surface area contributed by atoms with Crippen LogP contribution in [0.2, 0.25) is 0 Å². The van der Waals surface area contributed by atoms with Gasteiger partial charge >= 0.3 is 0 Å². The third-order valence-corrected chi connectivity index (χ3v) is 9.14. The number of aryl methyl sites for hydroxylation is 1. The van der Waals surface area contributed by atoms with Crippen LogP contribution in [0, 0.1) is 17.7 Å². The Hall–Kier alpha value is -3.82. The van der Waals surface area contributed by atoms with Crippen molar-refractivity contribution in [3.05, 3.63) is 83.2 Å². The van der Waals surface area contributed by atoms with Gasteiger partial charge in [-0.2, -0.15) is 10.2 Å². The lowest BCUT2D eigenvalue weighted by Crippen LogP contribution is -2.38. The highest BCUT2D eigenvalue weighted by atomic mass is 19.1. The number of carbonyl (C=O) groups is 1. The molecule has 0 bridgehead atoms.